The Bertz CT molecular complexity index is 898. The largest absolute Gasteiger partial charge is 0.497 e. The average molecular weight is 411 g/mol. The summed E-state index contributed by atoms with van der Waals surface area (Å²) in [7, 11) is 1.59. The standard InChI is InChI=1S/C24H30N2O4/c1-4-30-22(27)24(16-19-10-6-5-9-18(19)2)13-8-14-26(17-24)23(28)25-20-11-7-12-21(15-20)29-3/h5-7,9-12,15H,4,8,13-14,16-17H2,1-3H3,(H,25,28). The van der Waals surface area contributed by atoms with Crippen LogP contribution in [0.2, 0.25) is 0 Å². The number of nitrogens with zero attached hydrogens (tertiary/aromatic N) is 1. The highest BCUT2D eigenvalue weighted by Gasteiger charge is 2.45. The van der Waals surface area contributed by atoms with Crippen molar-refractivity contribution in [2.45, 2.75) is 33.1 Å². The van der Waals surface area contributed by atoms with E-state index in [0.717, 1.165) is 17.5 Å². The van der Waals surface area contributed by atoms with E-state index in [0.29, 0.717) is 44.0 Å². The molecule has 3 rings (SSSR count). The predicted molar refractivity (Wildman–Crippen MR) is 117 cm³/mol. The summed E-state index contributed by atoms with van der Waals surface area (Å²) >= 11 is 0. The minimum atomic E-state index is -0.744. The summed E-state index contributed by atoms with van der Waals surface area (Å²) < 4.78 is 10.7. The summed E-state index contributed by atoms with van der Waals surface area (Å²) in [6.07, 6.45) is 2.00. The van der Waals surface area contributed by atoms with Crippen molar-refractivity contribution in [2.24, 2.45) is 5.41 Å². The van der Waals surface area contributed by atoms with Crippen molar-refractivity contribution >= 4 is 17.7 Å². The Morgan fingerprint density at radius 1 is 1.17 bits per heavy atom. The Balaban J connectivity index is 1.81. The van der Waals surface area contributed by atoms with Crippen LogP contribution in [0.3, 0.4) is 0 Å². The second-order valence-electron chi connectivity index (χ2n) is 7.79. The van der Waals surface area contributed by atoms with Crippen LogP contribution >= 0.6 is 0 Å². The third kappa shape index (κ3) is 4.93. The van der Waals surface area contributed by atoms with E-state index in [4.69, 9.17) is 9.47 Å². The first-order valence-corrected chi connectivity index (χ1v) is 10.4. The molecule has 0 bridgehead atoms. The molecule has 0 aliphatic carbocycles. The molecule has 1 heterocycles. The molecule has 2 aromatic carbocycles. The molecule has 2 amide bonds. The maximum absolute atomic E-state index is 13.0. The van der Waals surface area contributed by atoms with Gasteiger partial charge in [0.2, 0.25) is 0 Å². The molecule has 1 saturated heterocycles. The highest BCUT2D eigenvalue weighted by Crippen LogP contribution is 2.36. The second kappa shape index (κ2) is 9.65. The Labute approximate surface area is 178 Å². The lowest BCUT2D eigenvalue weighted by molar-refractivity contribution is -0.158. The molecule has 0 aromatic heterocycles. The third-order valence-corrected chi connectivity index (χ3v) is 5.68. The number of amides is 2. The van der Waals surface area contributed by atoms with Gasteiger partial charge in [0.15, 0.2) is 0 Å². The molecule has 30 heavy (non-hydrogen) atoms. The van der Waals surface area contributed by atoms with Crippen LogP contribution in [0.5, 0.6) is 5.75 Å². The number of anilines is 1. The fourth-order valence-corrected chi connectivity index (χ4v) is 4.05. The number of carbonyl (C=O) groups excluding carboxylic acids is 2. The monoisotopic (exact) mass is 410 g/mol. The SMILES string of the molecule is CCOC(=O)C1(Cc2ccccc2C)CCCN(C(=O)Nc2cccc(OC)c2)C1. The zero-order chi connectivity index (χ0) is 21.6. The molecule has 2 aromatic rings. The van der Waals surface area contributed by atoms with Crippen LogP contribution in [-0.4, -0.2) is 43.7 Å². The van der Waals surface area contributed by atoms with Crippen LogP contribution in [-0.2, 0) is 16.0 Å². The molecule has 0 spiro atoms. The Hall–Kier alpha value is -3.02. The quantitative estimate of drug-likeness (QED) is 0.716. The van der Waals surface area contributed by atoms with Gasteiger partial charge >= 0.3 is 12.0 Å². The van der Waals surface area contributed by atoms with Gasteiger partial charge in [-0.05, 0) is 56.4 Å². The van der Waals surface area contributed by atoms with Gasteiger partial charge in [-0.25, -0.2) is 4.79 Å². The summed E-state index contributed by atoms with van der Waals surface area (Å²) in [5.41, 5.74) is 2.16. The molecule has 1 unspecified atom stereocenters. The van der Waals surface area contributed by atoms with Crippen LogP contribution in [0, 0.1) is 12.3 Å². The van der Waals surface area contributed by atoms with E-state index < -0.39 is 5.41 Å². The van der Waals surface area contributed by atoms with Crippen LogP contribution < -0.4 is 10.1 Å². The number of hydrogen-bond acceptors (Lipinski definition) is 4. The number of piperidine rings is 1. The van der Waals surface area contributed by atoms with Crippen molar-refractivity contribution in [2.75, 3.05) is 32.1 Å². The Morgan fingerprint density at radius 2 is 1.97 bits per heavy atom. The summed E-state index contributed by atoms with van der Waals surface area (Å²) in [6, 6.07) is 15.1. The number of aryl methyl sites for hydroxylation is 1. The summed E-state index contributed by atoms with van der Waals surface area (Å²) in [6.45, 7) is 5.12. The average Bonchev–Trinajstić information content (AvgIpc) is 2.76. The predicted octanol–water partition coefficient (Wildman–Crippen LogP) is 4.42. The Morgan fingerprint density at radius 3 is 2.70 bits per heavy atom. The van der Waals surface area contributed by atoms with Crippen molar-refractivity contribution < 1.29 is 19.1 Å². The number of rotatable bonds is 6. The van der Waals surface area contributed by atoms with Crippen LogP contribution in [0.25, 0.3) is 0 Å². The van der Waals surface area contributed by atoms with Crippen molar-refractivity contribution in [3.05, 3.63) is 59.7 Å². The minimum absolute atomic E-state index is 0.221. The molecule has 1 N–H and O–H groups in total. The highest BCUT2D eigenvalue weighted by atomic mass is 16.5. The number of methoxy groups -OCH3 is 1. The summed E-state index contributed by atoms with van der Waals surface area (Å²) in [4.78, 5) is 27.7. The lowest BCUT2D eigenvalue weighted by Crippen LogP contribution is -2.52. The van der Waals surface area contributed by atoms with Gasteiger partial charge < -0.3 is 19.7 Å². The number of benzene rings is 2. The van der Waals surface area contributed by atoms with Gasteiger partial charge in [-0.3, -0.25) is 4.79 Å². The lowest BCUT2D eigenvalue weighted by atomic mass is 9.74. The maximum Gasteiger partial charge on any atom is 0.321 e. The first kappa shape index (κ1) is 21.7. The minimum Gasteiger partial charge on any atom is -0.497 e. The van der Waals surface area contributed by atoms with Gasteiger partial charge in [-0.1, -0.05) is 30.3 Å². The fourth-order valence-electron chi connectivity index (χ4n) is 4.05. The van der Waals surface area contributed by atoms with Gasteiger partial charge in [-0.2, -0.15) is 0 Å². The van der Waals surface area contributed by atoms with E-state index >= 15 is 0 Å². The van der Waals surface area contributed by atoms with Gasteiger partial charge in [-0.15, -0.1) is 0 Å². The van der Waals surface area contributed by atoms with Crippen molar-refractivity contribution in [3.63, 3.8) is 0 Å². The van der Waals surface area contributed by atoms with Crippen molar-refractivity contribution in [1.82, 2.24) is 4.90 Å². The summed E-state index contributed by atoms with van der Waals surface area (Å²) in [5.74, 6) is 0.444. The second-order valence-corrected chi connectivity index (χ2v) is 7.79. The van der Waals surface area contributed by atoms with E-state index in [1.165, 1.54) is 0 Å². The first-order valence-electron chi connectivity index (χ1n) is 10.4. The van der Waals surface area contributed by atoms with E-state index in [2.05, 4.69) is 5.32 Å². The Kier molecular flexibility index (Phi) is 6.98. The molecule has 6 nitrogen and oxygen atoms in total. The normalized spacial score (nSPS) is 18.6. The molecule has 6 heteroatoms. The molecule has 1 fully saturated rings. The van der Waals surface area contributed by atoms with Gasteiger partial charge in [0.05, 0.1) is 19.1 Å². The van der Waals surface area contributed by atoms with Crippen molar-refractivity contribution in [1.29, 1.82) is 0 Å². The third-order valence-electron chi connectivity index (χ3n) is 5.68. The topological polar surface area (TPSA) is 67.9 Å². The first-order chi connectivity index (χ1) is 14.5. The number of carbonyl (C=O) groups is 2. The number of likely N-dealkylation sites (tertiary alicyclic amines) is 1. The van der Waals surface area contributed by atoms with Crippen LogP contribution in [0.1, 0.15) is 30.9 Å². The number of ether oxygens (including phenoxy) is 2. The summed E-state index contributed by atoms with van der Waals surface area (Å²) in [5, 5.41) is 2.93. The molecule has 0 radical (unpaired) electrons. The molecular weight excluding hydrogens is 380 g/mol. The lowest BCUT2D eigenvalue weighted by Gasteiger charge is -2.41. The fraction of sp³-hybridized carbons (Fsp3) is 0.417. The van der Waals surface area contributed by atoms with Gasteiger partial charge in [0.25, 0.3) is 0 Å². The molecular formula is C24H30N2O4. The van der Waals surface area contributed by atoms with E-state index in [1.54, 1.807) is 18.1 Å². The molecule has 160 valence electrons. The van der Waals surface area contributed by atoms with Gasteiger partial charge in [0.1, 0.15) is 5.75 Å². The maximum atomic E-state index is 13.0. The number of urea groups is 1. The number of nitrogens with one attached hydrogen (secondary N) is 1. The molecule has 1 atom stereocenters. The van der Waals surface area contributed by atoms with Gasteiger partial charge in [0, 0.05) is 24.8 Å². The smallest absolute Gasteiger partial charge is 0.321 e. The van der Waals surface area contributed by atoms with Crippen molar-refractivity contribution in [3.8, 4) is 5.75 Å². The highest BCUT2D eigenvalue weighted by molar-refractivity contribution is 5.90. The number of esters is 1. The van der Waals surface area contributed by atoms with E-state index in [9.17, 15) is 9.59 Å². The van der Waals surface area contributed by atoms with Crippen LogP contribution in [0.15, 0.2) is 48.5 Å². The molecule has 0 saturated carbocycles. The number of hydrogen-bond donors (Lipinski definition) is 1. The zero-order valence-corrected chi connectivity index (χ0v) is 17.9. The molecule has 1 aliphatic rings. The zero-order valence-electron chi connectivity index (χ0n) is 17.9. The van der Waals surface area contributed by atoms with E-state index in [-0.39, 0.29) is 12.0 Å². The van der Waals surface area contributed by atoms with E-state index in [1.807, 2.05) is 56.3 Å². The van der Waals surface area contributed by atoms with Crippen LogP contribution in [0.4, 0.5) is 10.5 Å². The molecule has 1 aliphatic heterocycles.